The highest BCUT2D eigenvalue weighted by atomic mass is 35.5. The minimum absolute atomic E-state index is 0.205. The van der Waals surface area contributed by atoms with Crippen LogP contribution >= 0.6 is 23.2 Å². The van der Waals surface area contributed by atoms with E-state index in [1.165, 1.54) is 6.07 Å². The smallest absolute Gasteiger partial charge is 0.129 e. The molecule has 0 saturated heterocycles. The fourth-order valence-electron chi connectivity index (χ4n) is 2.40. The van der Waals surface area contributed by atoms with Crippen LogP contribution in [-0.2, 0) is 6.42 Å². The van der Waals surface area contributed by atoms with E-state index in [1.54, 1.807) is 12.1 Å². The van der Waals surface area contributed by atoms with Crippen molar-refractivity contribution < 1.29 is 4.39 Å². The summed E-state index contributed by atoms with van der Waals surface area (Å²) >= 11 is 12.5. The van der Waals surface area contributed by atoms with E-state index in [0.29, 0.717) is 22.0 Å². The van der Waals surface area contributed by atoms with Gasteiger partial charge in [-0.1, -0.05) is 48.3 Å². The van der Waals surface area contributed by atoms with Gasteiger partial charge in [0.25, 0.3) is 0 Å². The molecule has 1 nitrogen and oxygen atoms in total. The molecule has 0 fully saturated rings. The second kappa shape index (κ2) is 7.26. The molecule has 0 aliphatic rings. The molecule has 0 saturated carbocycles. The van der Waals surface area contributed by atoms with Crippen LogP contribution in [0.3, 0.4) is 0 Å². The third-order valence-corrected chi connectivity index (χ3v) is 4.11. The van der Waals surface area contributed by atoms with E-state index >= 15 is 0 Å². The number of nitrogens with one attached hydrogen (secondary N) is 1. The topological polar surface area (TPSA) is 12.0 Å². The highest BCUT2D eigenvalue weighted by molar-refractivity contribution is 6.31. The van der Waals surface area contributed by atoms with Crippen LogP contribution in [0.4, 0.5) is 4.39 Å². The Kier molecular flexibility index (Phi) is 5.63. The van der Waals surface area contributed by atoms with Crippen molar-refractivity contribution in [1.29, 1.82) is 0 Å². The Morgan fingerprint density at radius 3 is 2.52 bits per heavy atom. The molecule has 0 heterocycles. The molecule has 1 atom stereocenters. The normalized spacial score (nSPS) is 12.4. The Morgan fingerprint density at radius 1 is 1.14 bits per heavy atom. The van der Waals surface area contributed by atoms with Gasteiger partial charge in [0.2, 0.25) is 0 Å². The largest absolute Gasteiger partial charge is 0.310 e. The maximum absolute atomic E-state index is 14.1. The summed E-state index contributed by atoms with van der Waals surface area (Å²) in [5.74, 6) is -0.295. The van der Waals surface area contributed by atoms with Gasteiger partial charge in [0.1, 0.15) is 5.82 Å². The predicted molar refractivity (Wildman–Crippen MR) is 87.7 cm³/mol. The van der Waals surface area contributed by atoms with Crippen LogP contribution in [0, 0.1) is 12.7 Å². The van der Waals surface area contributed by atoms with Gasteiger partial charge in [-0.05, 0) is 49.2 Å². The van der Waals surface area contributed by atoms with Crippen LogP contribution in [0.5, 0.6) is 0 Å². The van der Waals surface area contributed by atoms with Crippen molar-refractivity contribution in [2.24, 2.45) is 0 Å². The van der Waals surface area contributed by atoms with Crippen molar-refractivity contribution in [3.63, 3.8) is 0 Å². The fraction of sp³-hybridized carbons (Fsp3) is 0.294. The van der Waals surface area contributed by atoms with Gasteiger partial charge in [0.05, 0.1) is 0 Å². The summed E-state index contributed by atoms with van der Waals surface area (Å²) in [4.78, 5) is 0. The van der Waals surface area contributed by atoms with Crippen LogP contribution in [0.1, 0.15) is 29.7 Å². The number of hydrogen-bond donors (Lipinski definition) is 1. The molecular formula is C17H18Cl2FN. The number of benzene rings is 2. The van der Waals surface area contributed by atoms with Gasteiger partial charge in [-0.15, -0.1) is 0 Å². The van der Waals surface area contributed by atoms with E-state index in [0.717, 1.165) is 17.7 Å². The summed E-state index contributed by atoms with van der Waals surface area (Å²) in [7, 11) is 0. The van der Waals surface area contributed by atoms with E-state index in [9.17, 15) is 4.39 Å². The minimum Gasteiger partial charge on any atom is -0.310 e. The van der Waals surface area contributed by atoms with Crippen molar-refractivity contribution in [3.05, 3.63) is 69.0 Å². The van der Waals surface area contributed by atoms with Crippen LogP contribution in [0.15, 0.2) is 36.4 Å². The maximum Gasteiger partial charge on any atom is 0.129 e. The van der Waals surface area contributed by atoms with E-state index in [2.05, 4.69) is 5.32 Å². The first-order valence-corrected chi connectivity index (χ1v) is 7.70. The molecule has 2 rings (SSSR count). The maximum atomic E-state index is 14.1. The molecule has 4 heteroatoms. The van der Waals surface area contributed by atoms with Crippen LogP contribution in [0.2, 0.25) is 10.0 Å². The molecule has 2 aromatic carbocycles. The lowest BCUT2D eigenvalue weighted by Crippen LogP contribution is -2.24. The summed E-state index contributed by atoms with van der Waals surface area (Å²) in [5.41, 5.74) is 2.58. The molecule has 0 aliphatic carbocycles. The highest BCUT2D eigenvalue weighted by Crippen LogP contribution is 2.30. The third-order valence-electron chi connectivity index (χ3n) is 3.43. The van der Waals surface area contributed by atoms with Crippen molar-refractivity contribution in [3.8, 4) is 0 Å². The van der Waals surface area contributed by atoms with Crippen molar-refractivity contribution in [2.45, 2.75) is 26.3 Å². The Labute approximate surface area is 135 Å². The summed E-state index contributed by atoms with van der Waals surface area (Å²) in [6.45, 7) is 4.70. The molecule has 0 bridgehead atoms. The van der Waals surface area contributed by atoms with Crippen LogP contribution < -0.4 is 5.32 Å². The van der Waals surface area contributed by atoms with Gasteiger partial charge in [-0.25, -0.2) is 4.39 Å². The standard InChI is InChI=1S/C17H18Cl2FN/c1-3-21-16(17-13(18)5-4-6-15(17)20)10-12-8-7-11(2)9-14(12)19/h4-9,16,21H,3,10H2,1-2H3. The average molecular weight is 326 g/mol. The minimum atomic E-state index is -0.295. The highest BCUT2D eigenvalue weighted by Gasteiger charge is 2.19. The number of hydrogen-bond acceptors (Lipinski definition) is 1. The first kappa shape index (κ1) is 16.3. The first-order valence-electron chi connectivity index (χ1n) is 6.95. The Hall–Kier alpha value is -1.09. The summed E-state index contributed by atoms with van der Waals surface area (Å²) < 4.78 is 14.1. The fourth-order valence-corrected chi connectivity index (χ4v) is 3.01. The lowest BCUT2D eigenvalue weighted by atomic mass is 9.97. The second-order valence-corrected chi connectivity index (χ2v) is 5.86. The summed E-state index contributed by atoms with van der Waals surface area (Å²) in [6.07, 6.45) is 0.591. The number of halogens is 3. The van der Waals surface area contributed by atoms with Crippen molar-refractivity contribution in [1.82, 2.24) is 5.32 Å². The Morgan fingerprint density at radius 2 is 1.90 bits per heavy atom. The predicted octanol–water partition coefficient (Wildman–Crippen LogP) is 5.33. The SMILES string of the molecule is CCNC(Cc1ccc(C)cc1Cl)c1c(F)cccc1Cl. The Balaban J connectivity index is 2.35. The molecule has 1 unspecified atom stereocenters. The molecule has 2 aromatic rings. The monoisotopic (exact) mass is 325 g/mol. The molecule has 0 radical (unpaired) electrons. The molecule has 21 heavy (non-hydrogen) atoms. The van der Waals surface area contributed by atoms with Gasteiger partial charge in [0.15, 0.2) is 0 Å². The van der Waals surface area contributed by atoms with E-state index < -0.39 is 0 Å². The zero-order valence-corrected chi connectivity index (χ0v) is 13.6. The third kappa shape index (κ3) is 3.97. The average Bonchev–Trinajstić information content (AvgIpc) is 2.41. The van der Waals surface area contributed by atoms with Crippen molar-refractivity contribution >= 4 is 23.2 Å². The molecule has 0 aromatic heterocycles. The number of aryl methyl sites for hydroxylation is 1. The lowest BCUT2D eigenvalue weighted by Gasteiger charge is -2.21. The van der Waals surface area contributed by atoms with E-state index in [4.69, 9.17) is 23.2 Å². The summed E-state index contributed by atoms with van der Waals surface area (Å²) in [5, 5.41) is 4.42. The second-order valence-electron chi connectivity index (χ2n) is 5.04. The van der Waals surface area contributed by atoms with Gasteiger partial charge >= 0.3 is 0 Å². The van der Waals surface area contributed by atoms with Crippen molar-refractivity contribution in [2.75, 3.05) is 6.54 Å². The molecular weight excluding hydrogens is 308 g/mol. The van der Waals surface area contributed by atoms with Gasteiger partial charge < -0.3 is 5.32 Å². The Bertz CT molecular complexity index is 608. The van der Waals surface area contributed by atoms with Crippen LogP contribution in [0.25, 0.3) is 0 Å². The molecule has 0 amide bonds. The molecule has 1 N–H and O–H groups in total. The van der Waals surface area contributed by atoms with Gasteiger partial charge in [0, 0.05) is 21.7 Å². The molecule has 0 aliphatic heterocycles. The lowest BCUT2D eigenvalue weighted by molar-refractivity contribution is 0.510. The first-order chi connectivity index (χ1) is 10.0. The number of likely N-dealkylation sites (N-methyl/N-ethyl adjacent to an activating group) is 1. The number of rotatable bonds is 5. The van der Waals surface area contributed by atoms with E-state index in [-0.39, 0.29) is 11.9 Å². The molecule has 112 valence electrons. The van der Waals surface area contributed by atoms with Gasteiger partial charge in [-0.3, -0.25) is 0 Å². The summed E-state index contributed by atoms with van der Waals surface area (Å²) in [6, 6.07) is 10.5. The van der Waals surface area contributed by atoms with Crippen LogP contribution in [-0.4, -0.2) is 6.54 Å². The zero-order valence-electron chi connectivity index (χ0n) is 12.1. The zero-order chi connectivity index (χ0) is 15.4. The van der Waals surface area contributed by atoms with Gasteiger partial charge in [-0.2, -0.15) is 0 Å². The molecule has 0 spiro atoms. The quantitative estimate of drug-likeness (QED) is 0.782. The van der Waals surface area contributed by atoms with E-state index in [1.807, 2.05) is 32.0 Å².